The maximum Gasteiger partial charge on any atom is 0.419 e. The largest absolute Gasteiger partial charge is 0.443 e. The van der Waals surface area contributed by atoms with Gasteiger partial charge < -0.3 is 4.74 Å². The Balaban J connectivity index is 2.53. The molecule has 0 amide bonds. The molecule has 0 N–H and O–H groups in total. The third-order valence-electron chi connectivity index (χ3n) is 2.62. The van der Waals surface area contributed by atoms with Gasteiger partial charge in [-0.15, -0.1) is 0 Å². The first-order chi connectivity index (χ1) is 8.92. The van der Waals surface area contributed by atoms with Crippen LogP contribution in [0.15, 0.2) is 30.3 Å². The van der Waals surface area contributed by atoms with E-state index in [1.165, 1.54) is 4.57 Å². The van der Waals surface area contributed by atoms with Crippen molar-refractivity contribution in [2.24, 2.45) is 0 Å². The number of aromatic nitrogens is 1. The summed E-state index contributed by atoms with van der Waals surface area (Å²) >= 11 is 0. The molecule has 0 aliphatic heterocycles. The van der Waals surface area contributed by atoms with Crippen LogP contribution in [0, 0.1) is 11.3 Å². The lowest BCUT2D eigenvalue weighted by molar-refractivity contribution is 0.0541. The quantitative estimate of drug-likeness (QED) is 0.581. The fourth-order valence-corrected chi connectivity index (χ4v) is 1.95. The van der Waals surface area contributed by atoms with Crippen LogP contribution in [0.1, 0.15) is 26.5 Å². The van der Waals surface area contributed by atoms with E-state index in [0.717, 1.165) is 10.9 Å². The minimum atomic E-state index is -0.563. The smallest absolute Gasteiger partial charge is 0.419 e. The number of carbonyl (C=O) groups is 1. The average molecular weight is 258 g/mol. The zero-order valence-electron chi connectivity index (χ0n) is 11.3. The van der Waals surface area contributed by atoms with Crippen LogP contribution in [0.3, 0.4) is 0 Å². The minimum Gasteiger partial charge on any atom is -0.443 e. The van der Waals surface area contributed by atoms with Crippen molar-refractivity contribution in [3.63, 3.8) is 0 Å². The van der Waals surface area contributed by atoms with E-state index in [9.17, 15) is 4.79 Å². The molecule has 2 aromatic rings. The molecule has 4 heteroatoms. The molecule has 0 atom stereocenters. The van der Waals surface area contributed by atoms with Gasteiger partial charge in [0.15, 0.2) is 0 Å². The molecule has 0 aliphatic carbocycles. The van der Waals surface area contributed by atoms with Crippen LogP contribution in [-0.2, 0) is 11.2 Å². The van der Waals surface area contributed by atoms with E-state index in [-0.39, 0.29) is 6.42 Å². The van der Waals surface area contributed by atoms with Crippen molar-refractivity contribution in [1.82, 2.24) is 4.57 Å². The molecule has 2 rings (SSSR count). The Morgan fingerprint density at radius 3 is 2.68 bits per heavy atom. The first-order valence-electron chi connectivity index (χ1n) is 6.12. The van der Waals surface area contributed by atoms with Crippen LogP contribution in [0.25, 0.3) is 10.9 Å². The molecule has 19 heavy (non-hydrogen) atoms. The van der Waals surface area contributed by atoms with E-state index in [2.05, 4.69) is 6.07 Å². The first kappa shape index (κ1) is 13.2. The van der Waals surface area contributed by atoms with Crippen molar-refractivity contribution in [2.45, 2.75) is 32.8 Å². The number of nitrogens with zero attached hydrogens (tertiary/aromatic N) is 2. The summed E-state index contributed by atoms with van der Waals surface area (Å²) in [5, 5.41) is 9.80. The second kappa shape index (κ2) is 4.77. The van der Waals surface area contributed by atoms with E-state index < -0.39 is 11.7 Å². The van der Waals surface area contributed by atoms with E-state index >= 15 is 0 Å². The van der Waals surface area contributed by atoms with Crippen molar-refractivity contribution >= 4 is 17.0 Å². The summed E-state index contributed by atoms with van der Waals surface area (Å²) in [7, 11) is 0. The molecule has 0 unspecified atom stereocenters. The molecule has 0 saturated heterocycles. The zero-order chi connectivity index (χ0) is 14.0. The van der Waals surface area contributed by atoms with Gasteiger partial charge in [0.25, 0.3) is 0 Å². The molecular weight excluding hydrogens is 242 g/mol. The molecule has 98 valence electrons. The van der Waals surface area contributed by atoms with Crippen molar-refractivity contribution in [2.75, 3.05) is 0 Å². The highest BCUT2D eigenvalue weighted by atomic mass is 16.6. The van der Waals surface area contributed by atoms with Gasteiger partial charge in [0.2, 0.25) is 0 Å². The molecule has 1 aromatic carbocycles. The van der Waals surface area contributed by atoms with Gasteiger partial charge in [-0.3, -0.25) is 0 Å². The molecular formula is C15H16N2O2. The number of carbonyl (C=O) groups excluding carboxylic acids is 1. The lowest BCUT2D eigenvalue weighted by atomic mass is 10.2. The van der Waals surface area contributed by atoms with Gasteiger partial charge in [-0.2, -0.15) is 5.26 Å². The van der Waals surface area contributed by atoms with Gasteiger partial charge in [-0.1, -0.05) is 18.2 Å². The monoisotopic (exact) mass is 258 g/mol. The van der Waals surface area contributed by atoms with Crippen LogP contribution < -0.4 is 0 Å². The van der Waals surface area contributed by atoms with Gasteiger partial charge in [0.1, 0.15) is 5.60 Å². The third kappa shape index (κ3) is 2.76. The van der Waals surface area contributed by atoms with Crippen LogP contribution in [0.5, 0.6) is 0 Å². The maximum absolute atomic E-state index is 12.3. The van der Waals surface area contributed by atoms with Gasteiger partial charge in [0.05, 0.1) is 18.0 Å². The molecule has 1 aromatic heterocycles. The summed E-state index contributed by atoms with van der Waals surface area (Å²) in [5.41, 5.74) is 0.853. The van der Waals surface area contributed by atoms with E-state index in [1.807, 2.05) is 51.1 Å². The van der Waals surface area contributed by atoms with Gasteiger partial charge in [-0.05, 0) is 32.9 Å². The summed E-state index contributed by atoms with van der Waals surface area (Å²) in [6.07, 6.45) is -0.271. The van der Waals surface area contributed by atoms with Crippen LogP contribution >= 0.6 is 0 Å². The Morgan fingerprint density at radius 2 is 2.05 bits per heavy atom. The van der Waals surface area contributed by atoms with Crippen LogP contribution in [0.4, 0.5) is 4.79 Å². The number of nitriles is 1. The highest BCUT2D eigenvalue weighted by Gasteiger charge is 2.21. The number of ether oxygens (including phenoxy) is 1. The summed E-state index contributed by atoms with van der Waals surface area (Å²) in [6.45, 7) is 5.46. The van der Waals surface area contributed by atoms with Crippen molar-refractivity contribution in [3.8, 4) is 6.07 Å². The fraction of sp³-hybridized carbons (Fsp3) is 0.333. The van der Waals surface area contributed by atoms with E-state index in [1.54, 1.807) is 0 Å². The number of hydrogen-bond donors (Lipinski definition) is 0. The lowest BCUT2D eigenvalue weighted by Gasteiger charge is -2.20. The standard InChI is InChI=1S/C15H16N2O2/c1-15(2,3)19-14(18)17-12(8-9-16)10-11-6-4-5-7-13(11)17/h4-7,10H,8H2,1-3H3/i9+1,16+1. The summed E-state index contributed by atoms with van der Waals surface area (Å²) < 4.78 is 6.87. The first-order valence-corrected chi connectivity index (χ1v) is 6.12. The second-order valence-corrected chi connectivity index (χ2v) is 5.35. The predicted molar refractivity (Wildman–Crippen MR) is 72.9 cm³/mol. The third-order valence-corrected chi connectivity index (χ3v) is 2.62. The molecule has 0 bridgehead atoms. The van der Waals surface area contributed by atoms with Crippen molar-refractivity contribution in [1.29, 1.82) is 5.26 Å². The van der Waals surface area contributed by atoms with Crippen LogP contribution in [-0.4, -0.2) is 16.3 Å². The Bertz CT molecular complexity index is 657. The highest BCUT2D eigenvalue weighted by Crippen LogP contribution is 2.22. The lowest BCUT2D eigenvalue weighted by Crippen LogP contribution is -2.27. The van der Waals surface area contributed by atoms with Gasteiger partial charge >= 0.3 is 6.09 Å². The average Bonchev–Trinajstić information content (AvgIpc) is 2.65. The second-order valence-electron chi connectivity index (χ2n) is 5.35. The van der Waals surface area contributed by atoms with E-state index in [4.69, 9.17) is 10.00 Å². The molecule has 0 radical (unpaired) electrons. The fourth-order valence-electron chi connectivity index (χ4n) is 1.95. The molecule has 1 heterocycles. The minimum absolute atomic E-state index is 0.175. The Morgan fingerprint density at radius 1 is 1.37 bits per heavy atom. The van der Waals surface area contributed by atoms with Crippen LogP contribution in [0.2, 0.25) is 0 Å². The molecule has 4 nitrogen and oxygen atoms in total. The molecule has 0 fully saturated rings. The van der Waals surface area contributed by atoms with Gasteiger partial charge in [-0.25, -0.2) is 9.36 Å². The topological polar surface area (TPSA) is 55.0 Å². The molecule has 0 saturated carbocycles. The Hall–Kier alpha value is -2.28. The van der Waals surface area contributed by atoms with Crippen molar-refractivity contribution < 1.29 is 9.53 Å². The number of para-hydroxylation sites is 1. The van der Waals surface area contributed by atoms with Crippen molar-refractivity contribution in [3.05, 3.63) is 36.0 Å². The summed E-state index contributed by atoms with van der Waals surface area (Å²) in [6, 6.07) is 11.4. The van der Waals surface area contributed by atoms with Gasteiger partial charge in [0, 0.05) is 11.1 Å². The predicted octanol–water partition coefficient (Wildman–Crippen LogP) is 3.49. The Labute approximate surface area is 112 Å². The molecule has 0 aliphatic rings. The normalized spacial score (nSPS) is 11.3. The Kier molecular flexibility index (Phi) is 3.30. The number of benzene rings is 1. The SMILES string of the molecule is CC(C)(C)OC(=O)n1c(C[13C]#[15N])cc2ccccc21. The number of rotatable bonds is 1. The van der Waals surface area contributed by atoms with E-state index in [0.29, 0.717) is 5.69 Å². The summed E-state index contributed by atoms with van der Waals surface area (Å²) in [4.78, 5) is 12.3. The molecule has 0 spiro atoms. The highest BCUT2D eigenvalue weighted by molar-refractivity contribution is 5.91. The number of fused-ring (bicyclic) bond motifs is 1. The number of hydrogen-bond acceptors (Lipinski definition) is 3. The summed E-state index contributed by atoms with van der Waals surface area (Å²) in [5.74, 6) is 0. The zero-order valence-corrected chi connectivity index (χ0v) is 11.3. The maximum atomic E-state index is 12.3.